The molecule has 25 heavy (non-hydrogen) atoms. The highest BCUT2D eigenvalue weighted by molar-refractivity contribution is 6.32. The smallest absolute Gasteiger partial charge is 0.407 e. The molecule has 8 heteroatoms. The van der Waals surface area contributed by atoms with Crippen LogP contribution in [0, 0.1) is 5.82 Å². The van der Waals surface area contributed by atoms with Gasteiger partial charge in [-0.25, -0.2) is 14.0 Å². The van der Waals surface area contributed by atoms with Crippen LogP contribution < -0.4 is 4.74 Å². The Morgan fingerprint density at radius 1 is 1.36 bits per heavy atom. The highest BCUT2D eigenvalue weighted by Gasteiger charge is 2.27. The number of likely N-dealkylation sites (tertiary alicyclic amines) is 1. The molecular weight excluding hydrogens is 353 g/mol. The lowest BCUT2D eigenvalue weighted by atomic mass is 10.1. The lowest BCUT2D eigenvalue weighted by molar-refractivity contribution is 0.00644. The van der Waals surface area contributed by atoms with Crippen molar-refractivity contribution in [2.45, 2.75) is 45.3 Å². The minimum absolute atomic E-state index is 0.0645. The Balaban J connectivity index is 2.14. The average Bonchev–Trinajstić information content (AvgIpc) is 2.49. The highest BCUT2D eigenvalue weighted by atomic mass is 35.5. The van der Waals surface area contributed by atoms with Crippen molar-refractivity contribution in [3.05, 3.63) is 28.5 Å². The second-order valence-corrected chi connectivity index (χ2v) is 7.28. The molecule has 1 amide bonds. The van der Waals surface area contributed by atoms with Crippen LogP contribution in [-0.2, 0) is 4.74 Å². The summed E-state index contributed by atoms with van der Waals surface area (Å²) in [5.41, 5.74) is -1.03. The number of amides is 1. The van der Waals surface area contributed by atoms with Crippen LogP contribution in [0.5, 0.6) is 5.75 Å². The van der Waals surface area contributed by atoms with Crippen LogP contribution >= 0.6 is 11.6 Å². The number of hydrogen-bond donors (Lipinski definition) is 1. The largest absolute Gasteiger partial charge is 0.487 e. The monoisotopic (exact) mass is 373 g/mol. The van der Waals surface area contributed by atoms with Gasteiger partial charge in [-0.05, 0) is 39.7 Å². The number of carboxylic acid groups (broad SMARTS) is 1. The quantitative estimate of drug-likeness (QED) is 0.812. The average molecular weight is 374 g/mol. The van der Waals surface area contributed by atoms with Gasteiger partial charge in [0.25, 0.3) is 0 Å². The molecule has 0 aliphatic carbocycles. The SMILES string of the molecule is CC(C)(C)OC(=O)c1cc(Cl)c(OC2CCCN(C(=O)O)C2)cc1F. The number of halogens is 2. The Kier molecular flexibility index (Phi) is 5.77. The van der Waals surface area contributed by atoms with E-state index in [4.69, 9.17) is 26.2 Å². The van der Waals surface area contributed by atoms with Crippen molar-refractivity contribution < 1.29 is 28.6 Å². The van der Waals surface area contributed by atoms with Crippen LogP contribution in [0.4, 0.5) is 9.18 Å². The summed E-state index contributed by atoms with van der Waals surface area (Å²) in [6, 6.07) is 2.19. The maximum Gasteiger partial charge on any atom is 0.407 e. The molecule has 1 aromatic carbocycles. The molecule has 1 heterocycles. The van der Waals surface area contributed by atoms with Crippen LogP contribution in [0.2, 0.25) is 5.02 Å². The molecule has 0 spiro atoms. The first-order valence-corrected chi connectivity index (χ1v) is 8.31. The summed E-state index contributed by atoms with van der Waals surface area (Å²) in [7, 11) is 0. The molecule has 1 unspecified atom stereocenters. The molecule has 0 radical (unpaired) electrons. The summed E-state index contributed by atoms with van der Waals surface area (Å²) in [6.07, 6.45) is -0.164. The summed E-state index contributed by atoms with van der Waals surface area (Å²) in [6.45, 7) is 5.66. The molecule has 6 nitrogen and oxygen atoms in total. The minimum atomic E-state index is -1.02. The Bertz CT molecular complexity index is 674. The van der Waals surface area contributed by atoms with E-state index in [1.54, 1.807) is 20.8 Å². The van der Waals surface area contributed by atoms with Gasteiger partial charge in [0.1, 0.15) is 23.3 Å². The first-order chi connectivity index (χ1) is 11.6. The predicted molar refractivity (Wildman–Crippen MR) is 89.8 cm³/mol. The number of ether oxygens (including phenoxy) is 2. The summed E-state index contributed by atoms with van der Waals surface area (Å²) in [5, 5.41) is 9.11. The number of esters is 1. The molecule has 1 saturated heterocycles. The molecule has 1 fully saturated rings. The Labute approximate surface area is 150 Å². The molecule has 2 rings (SSSR count). The van der Waals surface area contributed by atoms with Gasteiger partial charge in [-0.2, -0.15) is 0 Å². The first kappa shape index (κ1) is 19.3. The van der Waals surface area contributed by atoms with Crippen molar-refractivity contribution in [1.29, 1.82) is 0 Å². The third kappa shape index (κ3) is 5.22. The Morgan fingerprint density at radius 3 is 2.64 bits per heavy atom. The van der Waals surface area contributed by atoms with E-state index in [2.05, 4.69) is 0 Å². The molecule has 1 aliphatic heterocycles. The fourth-order valence-corrected chi connectivity index (χ4v) is 2.70. The van der Waals surface area contributed by atoms with Gasteiger partial charge in [-0.1, -0.05) is 11.6 Å². The standard InChI is InChI=1S/C17H21ClFNO5/c1-17(2,3)25-15(21)11-7-12(18)14(8-13(11)19)24-10-5-4-6-20(9-10)16(22)23/h7-8,10H,4-6,9H2,1-3H3,(H,22,23). The number of rotatable bonds is 3. The van der Waals surface area contributed by atoms with E-state index in [1.807, 2.05) is 0 Å². The number of nitrogens with zero attached hydrogens (tertiary/aromatic N) is 1. The van der Waals surface area contributed by atoms with Crippen LogP contribution in [0.3, 0.4) is 0 Å². The second kappa shape index (κ2) is 7.47. The first-order valence-electron chi connectivity index (χ1n) is 7.94. The van der Waals surface area contributed by atoms with Crippen molar-refractivity contribution in [2.75, 3.05) is 13.1 Å². The van der Waals surface area contributed by atoms with Crippen LogP contribution in [0.1, 0.15) is 44.0 Å². The molecule has 1 aliphatic rings. The van der Waals surface area contributed by atoms with Crippen molar-refractivity contribution in [3.63, 3.8) is 0 Å². The van der Waals surface area contributed by atoms with Crippen LogP contribution in [0.15, 0.2) is 12.1 Å². The van der Waals surface area contributed by atoms with Gasteiger partial charge < -0.3 is 19.5 Å². The van der Waals surface area contributed by atoms with Crippen LogP contribution in [0.25, 0.3) is 0 Å². The zero-order chi connectivity index (χ0) is 18.8. The van der Waals surface area contributed by atoms with Crippen molar-refractivity contribution in [1.82, 2.24) is 4.90 Å². The van der Waals surface area contributed by atoms with Gasteiger partial charge in [-0.3, -0.25) is 0 Å². The molecule has 1 aromatic rings. The topological polar surface area (TPSA) is 76.1 Å². The molecule has 1 N–H and O–H groups in total. The Hall–Kier alpha value is -2.02. The van der Waals surface area contributed by atoms with E-state index in [-0.39, 0.29) is 22.9 Å². The van der Waals surface area contributed by atoms with E-state index in [1.165, 1.54) is 4.90 Å². The minimum Gasteiger partial charge on any atom is -0.487 e. The van der Waals surface area contributed by atoms with Crippen LogP contribution in [-0.4, -0.2) is 46.9 Å². The fourth-order valence-electron chi connectivity index (χ4n) is 2.50. The molecular formula is C17H21ClFNO5. The summed E-state index contributed by atoms with van der Waals surface area (Å²) >= 11 is 6.11. The summed E-state index contributed by atoms with van der Waals surface area (Å²) < 4.78 is 25.1. The van der Waals surface area contributed by atoms with E-state index in [0.29, 0.717) is 19.4 Å². The lowest BCUT2D eigenvalue weighted by Gasteiger charge is -2.31. The van der Waals surface area contributed by atoms with Gasteiger partial charge in [0.15, 0.2) is 0 Å². The third-order valence-electron chi connectivity index (χ3n) is 3.58. The summed E-state index contributed by atoms with van der Waals surface area (Å²) in [5.74, 6) is -1.54. The van der Waals surface area contributed by atoms with E-state index in [9.17, 15) is 14.0 Å². The van der Waals surface area contributed by atoms with Crippen molar-refractivity contribution in [3.8, 4) is 5.75 Å². The molecule has 138 valence electrons. The van der Waals surface area contributed by atoms with E-state index in [0.717, 1.165) is 12.1 Å². The van der Waals surface area contributed by atoms with E-state index >= 15 is 0 Å². The molecule has 0 saturated carbocycles. The third-order valence-corrected chi connectivity index (χ3v) is 3.88. The lowest BCUT2D eigenvalue weighted by Crippen LogP contribution is -2.43. The fraction of sp³-hybridized carbons (Fsp3) is 0.529. The second-order valence-electron chi connectivity index (χ2n) is 6.88. The number of hydrogen-bond acceptors (Lipinski definition) is 4. The molecule has 0 aromatic heterocycles. The molecule has 0 bridgehead atoms. The zero-order valence-electron chi connectivity index (χ0n) is 14.3. The number of piperidine rings is 1. The van der Waals surface area contributed by atoms with Gasteiger partial charge in [-0.15, -0.1) is 0 Å². The zero-order valence-corrected chi connectivity index (χ0v) is 15.1. The summed E-state index contributed by atoms with van der Waals surface area (Å²) in [4.78, 5) is 24.3. The van der Waals surface area contributed by atoms with Crippen molar-refractivity contribution in [2.24, 2.45) is 0 Å². The Morgan fingerprint density at radius 2 is 2.04 bits per heavy atom. The number of carbonyl (C=O) groups is 2. The van der Waals surface area contributed by atoms with Crippen molar-refractivity contribution >= 4 is 23.7 Å². The van der Waals surface area contributed by atoms with Gasteiger partial charge in [0.05, 0.1) is 17.1 Å². The number of benzene rings is 1. The molecule has 1 atom stereocenters. The maximum atomic E-state index is 14.3. The van der Waals surface area contributed by atoms with E-state index < -0.39 is 29.6 Å². The maximum absolute atomic E-state index is 14.3. The van der Waals surface area contributed by atoms with Gasteiger partial charge >= 0.3 is 12.1 Å². The predicted octanol–water partition coefficient (Wildman–Crippen LogP) is 3.96. The number of carbonyl (C=O) groups excluding carboxylic acids is 1. The van der Waals surface area contributed by atoms with Gasteiger partial charge in [0, 0.05) is 12.6 Å². The highest BCUT2D eigenvalue weighted by Crippen LogP contribution is 2.31. The van der Waals surface area contributed by atoms with Gasteiger partial charge in [0.2, 0.25) is 0 Å². The normalized spacial score (nSPS) is 18.0.